The van der Waals surface area contributed by atoms with Crippen molar-refractivity contribution in [1.82, 2.24) is 14.9 Å². The van der Waals surface area contributed by atoms with Gasteiger partial charge in [-0.2, -0.15) is 0 Å². The van der Waals surface area contributed by atoms with Crippen LogP contribution in [0.15, 0.2) is 41.1 Å². The van der Waals surface area contributed by atoms with E-state index in [0.29, 0.717) is 39.6 Å². The van der Waals surface area contributed by atoms with Crippen LogP contribution >= 0.6 is 15.9 Å². The normalized spacial score (nSPS) is 18.8. The van der Waals surface area contributed by atoms with Gasteiger partial charge in [0.25, 0.3) is 0 Å². The minimum Gasteiger partial charge on any atom is -0.486 e. The highest BCUT2D eigenvalue weighted by atomic mass is 79.9. The Hall–Kier alpha value is -2.45. The van der Waals surface area contributed by atoms with Gasteiger partial charge in [0.05, 0.1) is 11.2 Å². The zero-order valence-electron chi connectivity index (χ0n) is 17.1. The molecule has 1 aromatic heterocycles. The standard InChI is InChI=1S/C23H24BrFN4O2/c24-15-4-5-19(18(25)10-15)28-23-17-11-22-21(12-20(17)26-14-27-23)30-13-16(31-22)6-9-29-7-2-1-3-8-29/h4-5,10-12,14,16H,1-3,6-9,13H2,(H,26,27,28). The van der Waals surface area contributed by atoms with Gasteiger partial charge in [-0.05, 0) is 50.2 Å². The first kappa shape index (κ1) is 20.5. The molecule has 1 N–H and O–H groups in total. The second-order valence-electron chi connectivity index (χ2n) is 8.03. The molecule has 31 heavy (non-hydrogen) atoms. The number of rotatable bonds is 5. The maximum Gasteiger partial charge on any atom is 0.163 e. The number of anilines is 2. The van der Waals surface area contributed by atoms with Crippen LogP contribution in [0.1, 0.15) is 25.7 Å². The summed E-state index contributed by atoms with van der Waals surface area (Å²) in [5.74, 6) is 1.52. The molecule has 8 heteroatoms. The van der Waals surface area contributed by atoms with E-state index in [1.807, 2.05) is 12.1 Å². The monoisotopic (exact) mass is 486 g/mol. The van der Waals surface area contributed by atoms with E-state index in [0.717, 1.165) is 18.4 Å². The minimum absolute atomic E-state index is 0.0110. The van der Waals surface area contributed by atoms with Crippen molar-refractivity contribution in [3.05, 3.63) is 46.9 Å². The summed E-state index contributed by atoms with van der Waals surface area (Å²) in [6.07, 6.45) is 6.30. The Labute approximate surface area is 188 Å². The fourth-order valence-corrected chi connectivity index (χ4v) is 4.47. The number of fused-ring (bicyclic) bond motifs is 2. The van der Waals surface area contributed by atoms with E-state index in [2.05, 4.69) is 36.1 Å². The fraction of sp³-hybridized carbons (Fsp3) is 0.391. The van der Waals surface area contributed by atoms with Crippen LogP contribution in [0, 0.1) is 5.82 Å². The summed E-state index contributed by atoms with van der Waals surface area (Å²) < 4.78 is 27.2. The second-order valence-corrected chi connectivity index (χ2v) is 8.95. The highest BCUT2D eigenvalue weighted by molar-refractivity contribution is 9.10. The van der Waals surface area contributed by atoms with E-state index in [-0.39, 0.29) is 11.9 Å². The molecule has 2 aromatic carbocycles. The third kappa shape index (κ3) is 4.60. The van der Waals surface area contributed by atoms with Crippen molar-refractivity contribution >= 4 is 38.3 Å². The van der Waals surface area contributed by atoms with Crippen molar-refractivity contribution in [2.45, 2.75) is 31.8 Å². The molecule has 0 bridgehead atoms. The van der Waals surface area contributed by atoms with Gasteiger partial charge in [0.2, 0.25) is 0 Å². The van der Waals surface area contributed by atoms with Gasteiger partial charge in [-0.3, -0.25) is 0 Å². The van der Waals surface area contributed by atoms with Gasteiger partial charge in [0.15, 0.2) is 11.5 Å². The largest absolute Gasteiger partial charge is 0.486 e. The van der Waals surface area contributed by atoms with E-state index < -0.39 is 0 Å². The van der Waals surface area contributed by atoms with Crippen LogP contribution in [0.2, 0.25) is 0 Å². The fourth-order valence-electron chi connectivity index (χ4n) is 4.14. The smallest absolute Gasteiger partial charge is 0.163 e. The van der Waals surface area contributed by atoms with E-state index in [4.69, 9.17) is 9.47 Å². The number of benzene rings is 2. The highest BCUT2D eigenvalue weighted by Crippen LogP contribution is 2.38. The molecule has 1 atom stereocenters. The number of likely N-dealkylation sites (tertiary alicyclic amines) is 1. The molecule has 2 aliphatic heterocycles. The number of halogens is 2. The van der Waals surface area contributed by atoms with Crippen LogP contribution in [-0.2, 0) is 0 Å². The number of nitrogens with zero attached hydrogens (tertiary/aromatic N) is 3. The zero-order chi connectivity index (χ0) is 21.2. The topological polar surface area (TPSA) is 59.5 Å². The summed E-state index contributed by atoms with van der Waals surface area (Å²) in [5, 5.41) is 3.83. The van der Waals surface area contributed by atoms with Crippen LogP contribution in [0.4, 0.5) is 15.9 Å². The molecule has 6 nitrogen and oxygen atoms in total. The van der Waals surface area contributed by atoms with Crippen LogP contribution in [0.25, 0.3) is 10.9 Å². The Bertz CT molecular complexity index is 1090. The summed E-state index contributed by atoms with van der Waals surface area (Å²) in [5.41, 5.74) is 1.06. The molecule has 0 radical (unpaired) electrons. The van der Waals surface area contributed by atoms with Gasteiger partial charge < -0.3 is 19.7 Å². The van der Waals surface area contributed by atoms with Crippen LogP contribution < -0.4 is 14.8 Å². The van der Waals surface area contributed by atoms with Crippen LogP contribution in [-0.4, -0.2) is 47.2 Å². The van der Waals surface area contributed by atoms with Crippen molar-refractivity contribution in [2.24, 2.45) is 0 Å². The molecular formula is C23H24BrFN4O2. The lowest BCUT2D eigenvalue weighted by Gasteiger charge is -2.31. The van der Waals surface area contributed by atoms with Gasteiger partial charge >= 0.3 is 0 Å². The molecule has 1 saturated heterocycles. The number of ether oxygens (including phenoxy) is 2. The molecule has 2 aliphatic rings. The van der Waals surface area contributed by atoms with Crippen molar-refractivity contribution in [3.8, 4) is 11.5 Å². The lowest BCUT2D eigenvalue weighted by Crippen LogP contribution is -2.36. The molecule has 0 saturated carbocycles. The molecule has 1 fully saturated rings. The average molecular weight is 487 g/mol. The van der Waals surface area contributed by atoms with Gasteiger partial charge in [0, 0.05) is 28.9 Å². The Morgan fingerprint density at radius 1 is 1.10 bits per heavy atom. The third-order valence-corrected chi connectivity index (χ3v) is 6.31. The maximum absolute atomic E-state index is 14.3. The van der Waals surface area contributed by atoms with Gasteiger partial charge in [0.1, 0.15) is 30.7 Å². The molecule has 0 aliphatic carbocycles. The molecule has 0 amide bonds. The van der Waals surface area contributed by atoms with E-state index in [1.165, 1.54) is 44.7 Å². The van der Waals surface area contributed by atoms with Crippen molar-refractivity contribution in [2.75, 3.05) is 31.6 Å². The van der Waals surface area contributed by atoms with Crippen LogP contribution in [0.3, 0.4) is 0 Å². The first-order valence-electron chi connectivity index (χ1n) is 10.7. The molecule has 1 unspecified atom stereocenters. The number of nitrogens with one attached hydrogen (secondary N) is 1. The van der Waals surface area contributed by atoms with Crippen LogP contribution in [0.5, 0.6) is 11.5 Å². The molecule has 5 rings (SSSR count). The minimum atomic E-state index is -0.364. The van der Waals surface area contributed by atoms with Crippen molar-refractivity contribution in [3.63, 3.8) is 0 Å². The number of aromatic nitrogens is 2. The SMILES string of the molecule is Fc1cc(Br)ccc1Nc1ncnc2cc3c(cc12)OC(CCN1CCCCC1)CO3. The van der Waals surface area contributed by atoms with Crippen molar-refractivity contribution in [1.29, 1.82) is 0 Å². The summed E-state index contributed by atoms with van der Waals surface area (Å²) in [7, 11) is 0. The van der Waals surface area contributed by atoms with E-state index in [1.54, 1.807) is 12.1 Å². The Morgan fingerprint density at radius 3 is 2.81 bits per heavy atom. The third-order valence-electron chi connectivity index (χ3n) is 5.82. The summed E-state index contributed by atoms with van der Waals surface area (Å²) in [6.45, 7) is 3.91. The number of piperidine rings is 1. The number of hydrogen-bond acceptors (Lipinski definition) is 6. The lowest BCUT2D eigenvalue weighted by molar-refractivity contribution is 0.0730. The van der Waals surface area contributed by atoms with Gasteiger partial charge in [-0.25, -0.2) is 14.4 Å². The maximum atomic E-state index is 14.3. The second kappa shape index (κ2) is 8.96. The quantitative estimate of drug-likeness (QED) is 0.528. The molecule has 3 aromatic rings. The van der Waals surface area contributed by atoms with Gasteiger partial charge in [-0.15, -0.1) is 0 Å². The Morgan fingerprint density at radius 2 is 1.97 bits per heavy atom. The predicted molar refractivity (Wildman–Crippen MR) is 122 cm³/mol. The molecular weight excluding hydrogens is 463 g/mol. The summed E-state index contributed by atoms with van der Waals surface area (Å²) in [4.78, 5) is 11.2. The van der Waals surface area contributed by atoms with E-state index in [9.17, 15) is 4.39 Å². The summed E-state index contributed by atoms with van der Waals surface area (Å²) in [6, 6.07) is 8.60. The van der Waals surface area contributed by atoms with Gasteiger partial charge in [-0.1, -0.05) is 22.4 Å². The first-order chi connectivity index (χ1) is 15.2. The molecule has 3 heterocycles. The lowest BCUT2D eigenvalue weighted by atomic mass is 10.1. The molecule has 162 valence electrons. The molecule has 0 spiro atoms. The zero-order valence-corrected chi connectivity index (χ0v) is 18.7. The average Bonchev–Trinajstić information content (AvgIpc) is 2.79. The highest BCUT2D eigenvalue weighted by Gasteiger charge is 2.24. The summed E-state index contributed by atoms with van der Waals surface area (Å²) >= 11 is 3.28. The Balaban J connectivity index is 1.36. The first-order valence-corrected chi connectivity index (χ1v) is 11.5. The Kier molecular flexibility index (Phi) is 5.91. The number of hydrogen-bond donors (Lipinski definition) is 1. The van der Waals surface area contributed by atoms with E-state index >= 15 is 0 Å². The van der Waals surface area contributed by atoms with Crippen molar-refractivity contribution < 1.29 is 13.9 Å². The predicted octanol–water partition coefficient (Wildman–Crippen LogP) is 5.29.